The van der Waals surface area contributed by atoms with Crippen molar-refractivity contribution in [3.8, 4) is 0 Å². The summed E-state index contributed by atoms with van der Waals surface area (Å²) in [4.78, 5) is 44.0. The van der Waals surface area contributed by atoms with Crippen molar-refractivity contribution in [2.75, 3.05) is 94.1 Å². The molecule has 18 nitrogen and oxygen atoms in total. The predicted octanol–water partition coefficient (Wildman–Crippen LogP) is 2.05. The molecule has 4 N–H and O–H groups in total. The van der Waals surface area contributed by atoms with E-state index in [1.54, 1.807) is 34.6 Å². The minimum absolute atomic E-state index is 0.0838. The van der Waals surface area contributed by atoms with E-state index in [4.69, 9.17) is 9.47 Å². The van der Waals surface area contributed by atoms with Crippen LogP contribution in [-0.4, -0.2) is 157 Å². The second kappa shape index (κ2) is 35.0. The number of hydrogen-bond acceptors (Lipinski definition) is 14. The van der Waals surface area contributed by atoms with Crippen molar-refractivity contribution in [1.82, 2.24) is 21.3 Å². The normalized spacial score (nSPS) is 11.4. The van der Waals surface area contributed by atoms with Gasteiger partial charge in [-0.25, -0.2) is 33.7 Å². The molecule has 0 saturated heterocycles. The van der Waals surface area contributed by atoms with Gasteiger partial charge >= 0.3 is 0 Å². The summed E-state index contributed by atoms with van der Waals surface area (Å²) in [5.74, 6) is -0.537. The Morgan fingerprint density at radius 1 is 0.500 bits per heavy atom. The van der Waals surface area contributed by atoms with Crippen LogP contribution in [0.1, 0.15) is 79.6 Å². The third-order valence-corrected chi connectivity index (χ3v) is 11.4. The molecule has 0 bridgehead atoms. The third-order valence-electron chi connectivity index (χ3n) is 7.05. The van der Waals surface area contributed by atoms with Crippen LogP contribution in [0.15, 0.2) is 49.1 Å². The molecule has 4 amide bonds. The van der Waals surface area contributed by atoms with Crippen LogP contribution in [0.5, 0.6) is 0 Å². The smallest absolute Gasteiger partial charge is 0.246 e. The zero-order chi connectivity index (χ0) is 49.2. The molecule has 0 aromatic heterocycles. The standard InChI is InChI=1S/C14H27NO4S.C10H19NO4S.2C8H15NO3S/c1-13(2)14(16)15-9-6-4-5-7-10-19-11-8-12-20(3,17)18;1-9(2)10(12)11-5-7-15-6-4-8-16(3,13)14;1-7(2)8(10)9-5-4-6-13(3,11)12;1-5-7(10)9-8(2,3)6-13(4,11)12/h1,4-12H2,2-3H3,(H,15,16);1,4-8H2,2-3H3,(H,11,12);1,4-6H2,2-3H3,(H,9,10);5H,1,6H2,2-4H3,(H,9,10). The monoisotopic (exact) mass is 964 g/mol. The second-order valence-corrected chi connectivity index (χ2v) is 24.3. The summed E-state index contributed by atoms with van der Waals surface area (Å²) in [7, 11) is -11.8. The van der Waals surface area contributed by atoms with Gasteiger partial charge in [-0.1, -0.05) is 39.2 Å². The molecule has 364 valence electrons. The van der Waals surface area contributed by atoms with Gasteiger partial charge in [0.2, 0.25) is 23.6 Å². The van der Waals surface area contributed by atoms with Gasteiger partial charge in [0.15, 0.2) is 0 Å². The lowest BCUT2D eigenvalue weighted by molar-refractivity contribution is -0.118. The molecular weight excluding hydrogens is 889 g/mol. The first-order chi connectivity index (χ1) is 28.1. The SMILES string of the molecule is C=C(C)C(=O)NCCCCCCOCCCS(C)(=O)=O.C=C(C)C(=O)NCCCS(C)(=O)=O.C=C(C)C(=O)NCCOCCCS(C)(=O)=O.C=CC(=O)NC(C)(C)CS(C)(=O)=O. The Hall–Kier alpha value is -3.44. The maximum Gasteiger partial charge on any atom is 0.246 e. The van der Waals surface area contributed by atoms with Gasteiger partial charge in [-0.3, -0.25) is 19.2 Å². The molecule has 62 heavy (non-hydrogen) atoms. The minimum Gasteiger partial charge on any atom is -0.381 e. The number of hydrogen-bond donors (Lipinski definition) is 4. The van der Waals surface area contributed by atoms with Gasteiger partial charge in [0, 0.05) is 86.7 Å². The Kier molecular flexibility index (Phi) is 36.8. The summed E-state index contributed by atoms with van der Waals surface area (Å²) < 4.78 is 97.0. The van der Waals surface area contributed by atoms with E-state index in [1.165, 1.54) is 18.8 Å². The molecule has 0 aliphatic rings. The maximum atomic E-state index is 11.2. The molecule has 0 aliphatic carbocycles. The number of amides is 4. The summed E-state index contributed by atoms with van der Waals surface area (Å²) in [5.41, 5.74) is 0.669. The van der Waals surface area contributed by atoms with Crippen LogP contribution in [0.2, 0.25) is 0 Å². The second-order valence-electron chi connectivity index (χ2n) is 15.3. The minimum atomic E-state index is -3.08. The van der Waals surface area contributed by atoms with Gasteiger partial charge in [-0.2, -0.15) is 0 Å². The van der Waals surface area contributed by atoms with Gasteiger partial charge in [0.25, 0.3) is 0 Å². The highest BCUT2D eigenvalue weighted by Gasteiger charge is 2.24. The van der Waals surface area contributed by atoms with Gasteiger partial charge in [-0.05, 0) is 72.8 Å². The van der Waals surface area contributed by atoms with Crippen molar-refractivity contribution in [3.63, 3.8) is 0 Å². The fourth-order valence-electron chi connectivity index (χ4n) is 4.24. The first kappa shape index (κ1) is 65.2. The Morgan fingerprint density at radius 3 is 1.21 bits per heavy atom. The maximum absolute atomic E-state index is 11.2. The van der Waals surface area contributed by atoms with E-state index in [0.717, 1.165) is 38.0 Å². The summed E-state index contributed by atoms with van der Waals surface area (Å²) in [6.45, 7) is 25.4. The Balaban J connectivity index is -0.000000368. The number of carbonyl (C=O) groups excluding carboxylic acids is 4. The van der Waals surface area contributed by atoms with Gasteiger partial charge in [-0.15, -0.1) is 0 Å². The molecule has 0 saturated carbocycles. The molecule has 22 heteroatoms. The van der Waals surface area contributed by atoms with Gasteiger partial charge in [0.1, 0.15) is 39.3 Å². The van der Waals surface area contributed by atoms with Crippen LogP contribution in [0.25, 0.3) is 0 Å². The molecule has 0 aliphatic heterocycles. The lowest BCUT2D eigenvalue weighted by Gasteiger charge is -2.24. The van der Waals surface area contributed by atoms with Crippen molar-refractivity contribution >= 4 is 63.0 Å². The number of unbranched alkanes of at least 4 members (excludes halogenated alkanes) is 3. The highest BCUT2D eigenvalue weighted by atomic mass is 32.2. The highest BCUT2D eigenvalue weighted by Crippen LogP contribution is 2.05. The lowest BCUT2D eigenvalue weighted by atomic mass is 10.1. The third kappa shape index (κ3) is 56.6. The van der Waals surface area contributed by atoms with Crippen LogP contribution in [0.3, 0.4) is 0 Å². The quantitative estimate of drug-likeness (QED) is 0.0618. The first-order valence-electron chi connectivity index (χ1n) is 19.8. The number of carbonyl (C=O) groups is 4. The molecule has 0 atom stereocenters. The Labute approximate surface area is 373 Å². The number of rotatable bonds is 29. The molecule has 0 aromatic rings. The van der Waals surface area contributed by atoms with E-state index in [1.807, 2.05) is 0 Å². The van der Waals surface area contributed by atoms with Crippen LogP contribution in [0.4, 0.5) is 0 Å². The lowest BCUT2D eigenvalue weighted by Crippen LogP contribution is -2.47. The number of sulfone groups is 4. The van der Waals surface area contributed by atoms with Crippen molar-refractivity contribution in [3.05, 3.63) is 49.1 Å². The molecule has 0 aromatic carbocycles. The van der Waals surface area contributed by atoms with Crippen molar-refractivity contribution in [2.45, 2.75) is 85.1 Å². The number of nitrogens with one attached hydrogen (secondary N) is 4. The summed E-state index contributed by atoms with van der Waals surface area (Å²) >= 11 is 0. The Morgan fingerprint density at radius 2 is 0.839 bits per heavy atom. The zero-order valence-electron chi connectivity index (χ0n) is 38.5. The van der Waals surface area contributed by atoms with Crippen LogP contribution >= 0.6 is 0 Å². The fourth-order valence-corrected chi connectivity index (χ4v) is 7.57. The fraction of sp³-hybridized carbons (Fsp3) is 0.700. The summed E-state index contributed by atoms with van der Waals surface area (Å²) in [6, 6.07) is 0. The van der Waals surface area contributed by atoms with E-state index < -0.39 is 44.9 Å². The molecule has 0 spiro atoms. The molecule has 0 rings (SSSR count). The van der Waals surface area contributed by atoms with Crippen LogP contribution in [0, 0.1) is 0 Å². The molecule has 0 heterocycles. The molecular formula is C40H76N4O14S4. The Bertz CT molecular complexity index is 1860. The van der Waals surface area contributed by atoms with Crippen LogP contribution in [-0.2, 0) is 68.0 Å². The van der Waals surface area contributed by atoms with Crippen molar-refractivity contribution in [1.29, 1.82) is 0 Å². The molecule has 0 unspecified atom stereocenters. The van der Waals surface area contributed by atoms with Crippen LogP contribution < -0.4 is 21.3 Å². The topological polar surface area (TPSA) is 271 Å². The average Bonchev–Trinajstić information content (AvgIpc) is 3.09. The van der Waals surface area contributed by atoms with E-state index in [0.29, 0.717) is 82.0 Å². The number of ether oxygens (including phenoxy) is 2. The van der Waals surface area contributed by atoms with E-state index in [2.05, 4.69) is 47.6 Å². The average molecular weight is 965 g/mol. The van der Waals surface area contributed by atoms with E-state index >= 15 is 0 Å². The van der Waals surface area contributed by atoms with Crippen molar-refractivity contribution < 1.29 is 62.3 Å². The van der Waals surface area contributed by atoms with Gasteiger partial charge in [0.05, 0.1) is 29.6 Å². The van der Waals surface area contributed by atoms with Gasteiger partial charge < -0.3 is 30.7 Å². The first-order valence-corrected chi connectivity index (χ1v) is 28.0. The molecule has 0 fully saturated rings. The summed E-state index contributed by atoms with van der Waals surface area (Å²) in [5, 5.41) is 10.5. The highest BCUT2D eigenvalue weighted by molar-refractivity contribution is 7.91. The van der Waals surface area contributed by atoms with E-state index in [-0.39, 0.29) is 46.6 Å². The van der Waals surface area contributed by atoms with E-state index in [9.17, 15) is 52.8 Å². The molecule has 0 radical (unpaired) electrons. The summed E-state index contributed by atoms with van der Waals surface area (Å²) in [6.07, 6.45) is 11.3. The predicted molar refractivity (Wildman–Crippen MR) is 249 cm³/mol. The van der Waals surface area contributed by atoms with Crippen molar-refractivity contribution in [2.24, 2.45) is 0 Å². The zero-order valence-corrected chi connectivity index (χ0v) is 41.7. The largest absolute Gasteiger partial charge is 0.381 e.